The number of benzene rings is 1. The van der Waals surface area contributed by atoms with Crippen LogP contribution < -0.4 is 10.5 Å². The van der Waals surface area contributed by atoms with E-state index < -0.39 is 12.0 Å². The third-order valence-corrected chi connectivity index (χ3v) is 5.57. The number of primary amides is 1. The third kappa shape index (κ3) is 5.07. The first-order chi connectivity index (χ1) is 15.0. The molecule has 1 aliphatic rings. The molecule has 162 valence electrons. The van der Waals surface area contributed by atoms with Crippen molar-refractivity contribution in [2.24, 2.45) is 5.73 Å². The summed E-state index contributed by atoms with van der Waals surface area (Å²) in [4.78, 5) is 17.8. The highest BCUT2D eigenvalue weighted by Crippen LogP contribution is 2.29. The van der Waals surface area contributed by atoms with Gasteiger partial charge in [-0.25, -0.2) is 0 Å². The molecule has 3 aromatic rings. The van der Waals surface area contributed by atoms with Crippen molar-refractivity contribution >= 4 is 5.91 Å². The molecule has 1 aliphatic heterocycles. The van der Waals surface area contributed by atoms with Gasteiger partial charge in [-0.05, 0) is 48.2 Å². The molecule has 0 radical (unpaired) electrons. The van der Waals surface area contributed by atoms with E-state index >= 15 is 0 Å². The van der Waals surface area contributed by atoms with Crippen LogP contribution >= 0.6 is 0 Å². The number of hydrogen-bond donors (Lipinski definition) is 3. The van der Waals surface area contributed by atoms with Gasteiger partial charge in [0.1, 0.15) is 18.1 Å². The number of nitrogens with zero attached hydrogens (tertiary/aromatic N) is 4. The van der Waals surface area contributed by atoms with Crippen LogP contribution in [0.25, 0.3) is 0 Å². The summed E-state index contributed by atoms with van der Waals surface area (Å²) in [5, 5.41) is 20.9. The zero-order valence-electron chi connectivity index (χ0n) is 17.4. The predicted octanol–water partition coefficient (Wildman–Crippen LogP) is 1.15. The van der Waals surface area contributed by atoms with E-state index in [1.807, 2.05) is 6.07 Å². The van der Waals surface area contributed by atoms with E-state index in [1.54, 1.807) is 24.5 Å². The standard InChI is InChI=1S/C22H26N6O3/c1-14-20-5-7-28(12-19(29)9-17-8-15(22(23)30)4-6-24-17)11-16(20)2-3-21(14)31-13-18-10-25-27-26-18/h2-4,6,8,10,19,29H,5,7,9,11-13H2,1H3,(H2,23,30)(H,25,26,27)/t19-/m0/s1. The van der Waals surface area contributed by atoms with Crippen molar-refractivity contribution in [3.63, 3.8) is 0 Å². The highest BCUT2D eigenvalue weighted by atomic mass is 16.5. The SMILES string of the molecule is Cc1c(OCc2cn[nH]n2)ccc2c1CCN(C[C@@H](O)Cc1cc(C(N)=O)ccn1)C2. The second-order valence-corrected chi connectivity index (χ2v) is 7.82. The zero-order valence-corrected chi connectivity index (χ0v) is 17.4. The van der Waals surface area contributed by atoms with Crippen LogP contribution in [-0.4, -0.2) is 55.5 Å². The Labute approximate surface area is 180 Å². The number of carbonyl (C=O) groups is 1. The summed E-state index contributed by atoms with van der Waals surface area (Å²) in [7, 11) is 0. The number of ether oxygens (including phenoxy) is 1. The molecule has 0 saturated heterocycles. The van der Waals surface area contributed by atoms with Crippen molar-refractivity contribution in [2.75, 3.05) is 13.1 Å². The average Bonchev–Trinajstić information content (AvgIpc) is 3.27. The number of nitrogens with two attached hydrogens (primary N) is 1. The Morgan fingerprint density at radius 3 is 3.00 bits per heavy atom. The first-order valence-corrected chi connectivity index (χ1v) is 10.2. The molecule has 1 amide bonds. The lowest BCUT2D eigenvalue weighted by atomic mass is 9.94. The predicted molar refractivity (Wildman–Crippen MR) is 113 cm³/mol. The number of H-pyrrole nitrogens is 1. The van der Waals surface area contributed by atoms with Crippen LogP contribution in [0.5, 0.6) is 5.75 Å². The molecule has 0 spiro atoms. The van der Waals surface area contributed by atoms with Gasteiger partial charge in [0.2, 0.25) is 5.91 Å². The van der Waals surface area contributed by atoms with E-state index in [2.05, 4.69) is 38.3 Å². The molecule has 4 rings (SSSR count). The molecule has 1 aromatic carbocycles. The number of pyridine rings is 1. The molecule has 31 heavy (non-hydrogen) atoms. The molecular weight excluding hydrogens is 396 g/mol. The van der Waals surface area contributed by atoms with Crippen molar-refractivity contribution in [2.45, 2.75) is 39.0 Å². The van der Waals surface area contributed by atoms with E-state index in [-0.39, 0.29) is 0 Å². The van der Waals surface area contributed by atoms with Gasteiger partial charge < -0.3 is 15.6 Å². The van der Waals surface area contributed by atoms with Crippen LogP contribution in [0.2, 0.25) is 0 Å². The van der Waals surface area contributed by atoms with Crippen LogP contribution in [0.3, 0.4) is 0 Å². The van der Waals surface area contributed by atoms with Crippen molar-refractivity contribution in [3.05, 3.63) is 70.3 Å². The molecule has 1 atom stereocenters. The highest BCUT2D eigenvalue weighted by Gasteiger charge is 2.22. The maximum Gasteiger partial charge on any atom is 0.248 e. The fourth-order valence-electron chi connectivity index (χ4n) is 3.98. The number of aromatic amines is 1. The van der Waals surface area contributed by atoms with Crippen LogP contribution in [0.15, 0.2) is 36.7 Å². The van der Waals surface area contributed by atoms with E-state index in [0.29, 0.717) is 30.8 Å². The zero-order chi connectivity index (χ0) is 21.8. The Morgan fingerprint density at radius 2 is 2.23 bits per heavy atom. The summed E-state index contributed by atoms with van der Waals surface area (Å²) in [6.45, 7) is 4.61. The van der Waals surface area contributed by atoms with Gasteiger partial charge in [-0.3, -0.25) is 14.7 Å². The minimum absolute atomic E-state index is 0.373. The molecule has 0 unspecified atom stereocenters. The summed E-state index contributed by atoms with van der Waals surface area (Å²) in [6, 6.07) is 7.30. The first-order valence-electron chi connectivity index (χ1n) is 10.2. The van der Waals surface area contributed by atoms with Gasteiger partial charge >= 0.3 is 0 Å². The molecule has 0 bridgehead atoms. The third-order valence-electron chi connectivity index (χ3n) is 5.57. The lowest BCUT2D eigenvalue weighted by molar-refractivity contribution is 0.0996. The van der Waals surface area contributed by atoms with Gasteiger partial charge in [0.25, 0.3) is 0 Å². The Balaban J connectivity index is 1.35. The lowest BCUT2D eigenvalue weighted by Gasteiger charge is -2.31. The Kier molecular flexibility index (Phi) is 6.24. The van der Waals surface area contributed by atoms with Crippen LogP contribution in [0.1, 0.15) is 38.4 Å². The number of β-amino-alcohol motifs (C(OH)–C–C–N with tert-alkyl or cyclic N) is 1. The fraction of sp³-hybridized carbons (Fsp3) is 0.364. The van der Waals surface area contributed by atoms with Crippen LogP contribution in [0, 0.1) is 6.92 Å². The number of amides is 1. The minimum atomic E-state index is -0.580. The maximum absolute atomic E-state index is 11.3. The fourth-order valence-corrected chi connectivity index (χ4v) is 3.98. The Hall–Kier alpha value is -3.30. The number of carbonyl (C=O) groups excluding carboxylic acids is 1. The number of nitrogens with one attached hydrogen (secondary N) is 1. The number of hydrogen-bond acceptors (Lipinski definition) is 7. The monoisotopic (exact) mass is 422 g/mol. The molecule has 2 aromatic heterocycles. The van der Waals surface area contributed by atoms with Gasteiger partial charge in [0, 0.05) is 43.5 Å². The van der Waals surface area contributed by atoms with Gasteiger partial charge in [-0.2, -0.15) is 15.4 Å². The smallest absolute Gasteiger partial charge is 0.248 e. The van der Waals surface area contributed by atoms with E-state index in [4.69, 9.17) is 10.5 Å². The van der Waals surface area contributed by atoms with Crippen LogP contribution in [0.4, 0.5) is 0 Å². The first kappa shape index (κ1) is 21.0. The molecule has 0 fully saturated rings. The quantitative estimate of drug-likeness (QED) is 0.496. The van der Waals surface area contributed by atoms with Crippen molar-refractivity contribution in [1.82, 2.24) is 25.3 Å². The Morgan fingerprint density at radius 1 is 1.35 bits per heavy atom. The molecular formula is C22H26N6O3. The minimum Gasteiger partial charge on any atom is -0.487 e. The van der Waals surface area contributed by atoms with Crippen LogP contribution in [-0.2, 0) is 26.0 Å². The summed E-state index contributed by atoms with van der Waals surface area (Å²) in [6.07, 6.45) is 3.88. The summed E-state index contributed by atoms with van der Waals surface area (Å²) in [5.74, 6) is 0.362. The molecule has 9 heteroatoms. The molecule has 4 N–H and O–H groups in total. The van der Waals surface area contributed by atoms with Gasteiger partial charge in [0.05, 0.1) is 12.3 Å². The topological polar surface area (TPSA) is 130 Å². The maximum atomic E-state index is 11.3. The van der Waals surface area contributed by atoms with E-state index in [9.17, 15) is 9.90 Å². The number of aliphatic hydroxyl groups is 1. The van der Waals surface area contributed by atoms with Gasteiger partial charge in [-0.15, -0.1) is 0 Å². The summed E-state index contributed by atoms with van der Waals surface area (Å²) < 4.78 is 5.92. The number of fused-ring (bicyclic) bond motifs is 1. The number of aliphatic hydroxyl groups excluding tert-OH is 1. The molecule has 0 aliphatic carbocycles. The van der Waals surface area contributed by atoms with E-state index in [1.165, 1.54) is 11.1 Å². The Bertz CT molecular complexity index is 1050. The second-order valence-electron chi connectivity index (χ2n) is 7.82. The normalized spacial score (nSPS) is 14.8. The van der Waals surface area contributed by atoms with E-state index in [0.717, 1.165) is 36.5 Å². The highest BCUT2D eigenvalue weighted by molar-refractivity contribution is 5.92. The molecule has 3 heterocycles. The largest absolute Gasteiger partial charge is 0.487 e. The van der Waals surface area contributed by atoms with Crippen molar-refractivity contribution < 1.29 is 14.6 Å². The van der Waals surface area contributed by atoms with Gasteiger partial charge in [0.15, 0.2) is 0 Å². The molecule has 9 nitrogen and oxygen atoms in total. The summed E-state index contributed by atoms with van der Waals surface area (Å²) >= 11 is 0. The molecule has 0 saturated carbocycles. The average molecular weight is 422 g/mol. The number of aromatic nitrogens is 4. The second kappa shape index (κ2) is 9.23. The van der Waals surface area contributed by atoms with Crippen molar-refractivity contribution in [1.29, 1.82) is 0 Å². The van der Waals surface area contributed by atoms with Gasteiger partial charge in [-0.1, -0.05) is 6.07 Å². The number of rotatable bonds is 8. The summed E-state index contributed by atoms with van der Waals surface area (Å²) in [5.41, 5.74) is 10.8. The lowest BCUT2D eigenvalue weighted by Crippen LogP contribution is -2.37. The van der Waals surface area contributed by atoms with Crippen molar-refractivity contribution in [3.8, 4) is 5.75 Å².